The van der Waals surface area contributed by atoms with Crippen LogP contribution in [0.2, 0.25) is 0 Å². The Morgan fingerprint density at radius 2 is 1.93 bits per heavy atom. The molecule has 2 aromatic carbocycles. The average Bonchev–Trinajstić information content (AvgIpc) is 3.23. The number of rotatable bonds is 2. The van der Waals surface area contributed by atoms with Crippen LogP contribution in [-0.4, -0.2) is 23.6 Å². The molecule has 1 fully saturated rings. The number of carbonyl (C=O) groups is 3. The van der Waals surface area contributed by atoms with Crippen LogP contribution in [0.1, 0.15) is 23.1 Å². The van der Waals surface area contributed by atoms with Gasteiger partial charge < -0.3 is 4.90 Å². The van der Waals surface area contributed by atoms with Gasteiger partial charge in [0.25, 0.3) is 11.1 Å². The van der Waals surface area contributed by atoms with Gasteiger partial charge in [0.05, 0.1) is 10.6 Å². The van der Waals surface area contributed by atoms with Gasteiger partial charge in [-0.1, -0.05) is 30.3 Å². The summed E-state index contributed by atoms with van der Waals surface area (Å²) in [5.74, 6) is -0.136. The van der Waals surface area contributed by atoms with Gasteiger partial charge in [-0.05, 0) is 64.6 Å². The number of thioether (sulfide) groups is 1. The number of hydrogen-bond donors (Lipinski definition) is 1. The first-order chi connectivity index (χ1) is 13.1. The zero-order chi connectivity index (χ0) is 18.5. The van der Waals surface area contributed by atoms with Crippen molar-refractivity contribution in [3.8, 4) is 11.1 Å². The second-order valence-corrected chi connectivity index (χ2v) is 7.89. The molecule has 0 atom stereocenters. The second kappa shape index (κ2) is 6.09. The highest BCUT2D eigenvalue weighted by atomic mass is 32.2. The standard InChI is InChI=1S/C21H16N2O3S/c24-18-7-6-16-15(5-4-13-8-9-23(18)19(13)16)14-3-1-2-12(10-14)11-17-20(25)22-21(26)27-17/h1-5,10-11H,6-9H2,(H,22,25,26)/b17-11+. The summed E-state index contributed by atoms with van der Waals surface area (Å²) in [6.07, 6.45) is 3.96. The summed E-state index contributed by atoms with van der Waals surface area (Å²) < 4.78 is 0. The molecule has 3 heterocycles. The molecular formula is C21H16N2O3S. The molecule has 0 bridgehead atoms. The number of nitrogens with zero attached hydrogens (tertiary/aromatic N) is 1. The zero-order valence-corrected chi connectivity index (χ0v) is 15.3. The maximum Gasteiger partial charge on any atom is 0.290 e. The molecule has 1 saturated heterocycles. The van der Waals surface area contributed by atoms with Crippen LogP contribution < -0.4 is 10.2 Å². The largest absolute Gasteiger partial charge is 0.312 e. The summed E-state index contributed by atoms with van der Waals surface area (Å²) in [5.41, 5.74) is 6.64. The van der Waals surface area contributed by atoms with E-state index in [0.717, 1.165) is 53.5 Å². The van der Waals surface area contributed by atoms with Gasteiger partial charge in [0.1, 0.15) is 0 Å². The Labute approximate surface area is 160 Å². The Bertz CT molecular complexity index is 1060. The lowest BCUT2D eigenvalue weighted by Gasteiger charge is -2.27. The average molecular weight is 376 g/mol. The lowest BCUT2D eigenvalue weighted by Crippen LogP contribution is -2.33. The third kappa shape index (κ3) is 2.68. The Hall–Kier alpha value is -2.86. The van der Waals surface area contributed by atoms with Gasteiger partial charge in [0.2, 0.25) is 5.91 Å². The van der Waals surface area contributed by atoms with E-state index in [9.17, 15) is 14.4 Å². The summed E-state index contributed by atoms with van der Waals surface area (Å²) in [5, 5.41) is 1.94. The summed E-state index contributed by atoms with van der Waals surface area (Å²) in [4.78, 5) is 37.7. The first-order valence-corrected chi connectivity index (χ1v) is 9.72. The molecule has 0 saturated carbocycles. The van der Waals surface area contributed by atoms with Crippen LogP contribution in [0.25, 0.3) is 17.2 Å². The summed E-state index contributed by atoms with van der Waals surface area (Å²) in [6, 6.07) is 12.2. The fraction of sp³-hybridized carbons (Fsp3) is 0.190. The second-order valence-electron chi connectivity index (χ2n) is 6.87. The van der Waals surface area contributed by atoms with Crippen molar-refractivity contribution < 1.29 is 14.4 Å². The minimum absolute atomic E-state index is 0.214. The van der Waals surface area contributed by atoms with Crippen LogP contribution in [0.15, 0.2) is 41.3 Å². The van der Waals surface area contributed by atoms with Gasteiger partial charge in [-0.25, -0.2) is 0 Å². The van der Waals surface area contributed by atoms with Crippen LogP contribution in [-0.2, 0) is 22.4 Å². The van der Waals surface area contributed by atoms with Gasteiger partial charge in [-0.2, -0.15) is 0 Å². The van der Waals surface area contributed by atoms with Crippen molar-refractivity contribution in [2.45, 2.75) is 19.3 Å². The minimum atomic E-state index is -0.350. The molecule has 5 rings (SSSR count). The normalized spacial score (nSPS) is 19.6. The molecule has 0 spiro atoms. The lowest BCUT2D eigenvalue weighted by atomic mass is 9.90. The molecule has 1 N–H and O–H groups in total. The third-order valence-corrected chi connectivity index (χ3v) is 6.08. The molecule has 6 heteroatoms. The number of anilines is 1. The van der Waals surface area contributed by atoms with E-state index < -0.39 is 0 Å². The van der Waals surface area contributed by atoms with E-state index in [1.54, 1.807) is 6.08 Å². The number of amides is 3. The topological polar surface area (TPSA) is 66.5 Å². The van der Waals surface area contributed by atoms with E-state index in [-0.39, 0.29) is 17.1 Å². The molecule has 3 amide bonds. The molecular weight excluding hydrogens is 360 g/mol. The Balaban J connectivity index is 1.58. The minimum Gasteiger partial charge on any atom is -0.312 e. The smallest absolute Gasteiger partial charge is 0.290 e. The van der Waals surface area contributed by atoms with E-state index in [2.05, 4.69) is 17.4 Å². The van der Waals surface area contributed by atoms with Gasteiger partial charge >= 0.3 is 0 Å². The van der Waals surface area contributed by atoms with Gasteiger partial charge in [0, 0.05) is 13.0 Å². The molecule has 3 aliphatic heterocycles. The maximum absolute atomic E-state index is 12.2. The van der Waals surface area contributed by atoms with Crippen LogP contribution in [0.3, 0.4) is 0 Å². The van der Waals surface area contributed by atoms with Crippen molar-refractivity contribution >= 4 is 40.6 Å². The van der Waals surface area contributed by atoms with Gasteiger partial charge in [-0.3, -0.25) is 19.7 Å². The van der Waals surface area contributed by atoms with Crippen molar-refractivity contribution in [1.29, 1.82) is 0 Å². The van der Waals surface area contributed by atoms with Crippen LogP contribution in [0, 0.1) is 0 Å². The van der Waals surface area contributed by atoms with E-state index in [0.29, 0.717) is 11.3 Å². The fourth-order valence-electron chi connectivity index (χ4n) is 4.08. The lowest BCUT2D eigenvalue weighted by molar-refractivity contribution is -0.118. The molecule has 134 valence electrons. The number of nitrogens with one attached hydrogen (secondary N) is 1. The highest BCUT2D eigenvalue weighted by Gasteiger charge is 2.32. The van der Waals surface area contributed by atoms with E-state index in [1.807, 2.05) is 29.2 Å². The predicted molar refractivity (Wildman–Crippen MR) is 105 cm³/mol. The van der Waals surface area contributed by atoms with Crippen molar-refractivity contribution in [3.05, 3.63) is 58.0 Å². The fourth-order valence-corrected chi connectivity index (χ4v) is 4.76. The first kappa shape index (κ1) is 16.3. The number of hydrogen-bond acceptors (Lipinski definition) is 4. The van der Waals surface area contributed by atoms with Gasteiger partial charge in [0.15, 0.2) is 0 Å². The molecule has 27 heavy (non-hydrogen) atoms. The Kier molecular flexibility index (Phi) is 3.68. The highest BCUT2D eigenvalue weighted by Crippen LogP contribution is 2.42. The van der Waals surface area contributed by atoms with Crippen molar-refractivity contribution in [2.75, 3.05) is 11.4 Å². The summed E-state index contributed by atoms with van der Waals surface area (Å²) in [6.45, 7) is 0.775. The molecule has 5 nitrogen and oxygen atoms in total. The quantitative estimate of drug-likeness (QED) is 0.815. The zero-order valence-electron chi connectivity index (χ0n) is 14.5. The van der Waals surface area contributed by atoms with Crippen LogP contribution >= 0.6 is 11.8 Å². The molecule has 3 aliphatic rings. The van der Waals surface area contributed by atoms with Crippen molar-refractivity contribution in [1.82, 2.24) is 5.32 Å². The van der Waals surface area contributed by atoms with Crippen molar-refractivity contribution in [2.24, 2.45) is 0 Å². The molecule has 0 aliphatic carbocycles. The number of benzene rings is 2. The van der Waals surface area contributed by atoms with Crippen LogP contribution in [0.4, 0.5) is 10.5 Å². The van der Waals surface area contributed by atoms with E-state index in [4.69, 9.17) is 0 Å². The molecule has 0 unspecified atom stereocenters. The number of carbonyl (C=O) groups excluding carboxylic acids is 3. The number of imide groups is 1. The third-order valence-electron chi connectivity index (χ3n) is 5.27. The SMILES string of the molecule is O=C1NC(=O)/C(=C\c2cccc(-c3ccc4c5c3CCC(=O)N5CC4)c2)S1. The van der Waals surface area contributed by atoms with E-state index in [1.165, 1.54) is 11.1 Å². The summed E-state index contributed by atoms with van der Waals surface area (Å²) in [7, 11) is 0. The predicted octanol–water partition coefficient (Wildman–Crippen LogP) is 3.51. The van der Waals surface area contributed by atoms with E-state index >= 15 is 0 Å². The molecule has 0 aromatic heterocycles. The highest BCUT2D eigenvalue weighted by molar-refractivity contribution is 8.18. The monoisotopic (exact) mass is 376 g/mol. The van der Waals surface area contributed by atoms with Gasteiger partial charge in [-0.15, -0.1) is 0 Å². The molecule has 2 aromatic rings. The Morgan fingerprint density at radius 3 is 2.74 bits per heavy atom. The Morgan fingerprint density at radius 1 is 1.04 bits per heavy atom. The van der Waals surface area contributed by atoms with Crippen molar-refractivity contribution in [3.63, 3.8) is 0 Å². The maximum atomic E-state index is 12.2. The van der Waals surface area contributed by atoms with Crippen LogP contribution in [0.5, 0.6) is 0 Å². The molecule has 0 radical (unpaired) electrons. The summed E-state index contributed by atoms with van der Waals surface area (Å²) >= 11 is 0.921. The first-order valence-electron chi connectivity index (χ1n) is 8.90.